The van der Waals surface area contributed by atoms with E-state index in [-0.39, 0.29) is 47.0 Å². The summed E-state index contributed by atoms with van der Waals surface area (Å²) in [6.45, 7) is 25.4. The van der Waals surface area contributed by atoms with Gasteiger partial charge in [0.25, 0.3) is 0 Å². The number of rotatable bonds is 8. The number of hydrogen-bond donors (Lipinski definition) is 4. The average Bonchev–Trinajstić information content (AvgIpc) is 3.78. The number of aromatic nitrogens is 1. The fraction of sp³-hybridized carbons (Fsp3) is 0.625. The highest BCUT2D eigenvalue weighted by atomic mass is 16.5. The van der Waals surface area contributed by atoms with Crippen molar-refractivity contribution < 1.29 is 29.6 Å². The second kappa shape index (κ2) is 12.8. The summed E-state index contributed by atoms with van der Waals surface area (Å²) >= 11 is 0. The van der Waals surface area contributed by atoms with Gasteiger partial charge in [-0.15, -0.1) is 0 Å². The lowest BCUT2D eigenvalue weighted by molar-refractivity contribution is -0.144. The number of nitrogens with zero attached hydrogens (tertiary/aromatic N) is 1. The molecule has 2 fully saturated rings. The lowest BCUT2D eigenvalue weighted by Crippen LogP contribution is -2.62. The van der Waals surface area contributed by atoms with E-state index in [0.717, 1.165) is 65.3 Å². The minimum absolute atomic E-state index is 0.0241. The smallest absolute Gasteiger partial charge is 0.247 e. The van der Waals surface area contributed by atoms with E-state index in [9.17, 15) is 24.9 Å². The van der Waals surface area contributed by atoms with E-state index >= 15 is 0 Å². The second-order valence-electron chi connectivity index (χ2n) is 20.2. The minimum atomic E-state index is -0.865. The Balaban J connectivity index is 1.25. The van der Waals surface area contributed by atoms with Crippen molar-refractivity contribution in [2.45, 2.75) is 155 Å². The van der Waals surface area contributed by atoms with Crippen LogP contribution in [-0.2, 0) is 21.4 Å². The summed E-state index contributed by atoms with van der Waals surface area (Å²) in [7, 11) is 0. The molecule has 6 aliphatic rings. The SMILES string of the molecule is C=C(C)C1C(=O)c2c3c(cc4c5c(n1c24)C1(C)C(CCC2C(C)(/C=C/C=C(\C)C(=O)NC(CO)CCC)C(O)CCC21C)C5)C1=CC(C)(C)OC(C)(C)C1C3O. The van der Waals surface area contributed by atoms with Crippen LogP contribution < -0.4 is 5.32 Å². The molecule has 10 unspecified atom stereocenters. The zero-order valence-electron chi connectivity index (χ0n) is 35.3. The number of ether oxygens (including phenoxy) is 1. The zero-order chi connectivity index (χ0) is 40.7. The molecular weight excluding hydrogens is 701 g/mol. The first kappa shape index (κ1) is 39.5. The van der Waals surface area contributed by atoms with Gasteiger partial charge in [-0.1, -0.05) is 64.5 Å². The second-order valence-corrected chi connectivity index (χ2v) is 20.2. The topological polar surface area (TPSA) is 121 Å². The molecule has 2 saturated carbocycles. The third-order valence-corrected chi connectivity index (χ3v) is 16.0. The Hall–Kier alpha value is -3.30. The predicted octanol–water partition coefficient (Wildman–Crippen LogP) is 8.38. The third-order valence-electron chi connectivity index (χ3n) is 16.0. The number of aliphatic hydroxyl groups is 3. The van der Waals surface area contributed by atoms with Crippen LogP contribution in [0.4, 0.5) is 0 Å². The maximum atomic E-state index is 15.0. The molecule has 8 rings (SSSR count). The lowest BCUT2D eigenvalue weighted by Gasteiger charge is -2.64. The van der Waals surface area contributed by atoms with Gasteiger partial charge in [0, 0.05) is 39.0 Å². The van der Waals surface area contributed by atoms with Crippen molar-refractivity contribution in [3.8, 4) is 0 Å². The number of ketones is 1. The number of hydrogen-bond acceptors (Lipinski definition) is 6. The Labute approximate surface area is 333 Å². The standard InChI is InChI=1S/C48H64N2O6/c1-12-14-28(24-51)49-43(55)26(4)15-13-19-46(9)33-17-16-27-21-31-30-22-29-32-23-44(5,6)56-45(7,8)37(32)40(53)35(29)36-39(30)50(38(25(2)3)41(36)54)42(31)48(27,11)47(33,10)20-18-34(46)52/h13,15,19,22-23,27-28,33-34,37-38,40,51-53H,2,12,14,16-18,20-21,24H2,1,3-11H3,(H,49,55)/b19-13+,26-15+. The van der Waals surface area contributed by atoms with E-state index < -0.39 is 34.9 Å². The molecule has 0 saturated heterocycles. The quantitative estimate of drug-likeness (QED) is 0.122. The third kappa shape index (κ3) is 5.17. The van der Waals surface area contributed by atoms with E-state index in [0.29, 0.717) is 29.9 Å². The molecule has 56 heavy (non-hydrogen) atoms. The number of amides is 1. The maximum absolute atomic E-state index is 15.0. The monoisotopic (exact) mass is 764 g/mol. The molecule has 2 aromatic rings. The molecule has 8 nitrogen and oxygen atoms in total. The van der Waals surface area contributed by atoms with Gasteiger partial charge in [0.1, 0.15) is 6.04 Å². The van der Waals surface area contributed by atoms with Crippen LogP contribution in [0, 0.1) is 28.6 Å². The van der Waals surface area contributed by atoms with Crippen molar-refractivity contribution >= 4 is 28.2 Å². The Bertz CT molecular complexity index is 2150. The van der Waals surface area contributed by atoms with Crippen LogP contribution in [0.5, 0.6) is 0 Å². The summed E-state index contributed by atoms with van der Waals surface area (Å²) in [6.07, 6.45) is 12.7. The Morgan fingerprint density at radius 1 is 1.11 bits per heavy atom. The van der Waals surface area contributed by atoms with Gasteiger partial charge < -0.3 is 29.9 Å². The van der Waals surface area contributed by atoms with Gasteiger partial charge in [-0.3, -0.25) is 9.59 Å². The van der Waals surface area contributed by atoms with E-state index in [2.05, 4.69) is 83.1 Å². The summed E-state index contributed by atoms with van der Waals surface area (Å²) in [5.74, 6) is 0.0635. The van der Waals surface area contributed by atoms with Crippen molar-refractivity contribution in [3.63, 3.8) is 0 Å². The summed E-state index contributed by atoms with van der Waals surface area (Å²) in [4.78, 5) is 27.9. The van der Waals surface area contributed by atoms with E-state index in [1.54, 1.807) is 6.92 Å². The molecule has 4 aliphatic carbocycles. The molecule has 302 valence electrons. The number of allylic oxidation sites excluding steroid dienone is 3. The van der Waals surface area contributed by atoms with Gasteiger partial charge in [-0.25, -0.2) is 0 Å². The number of Topliss-reactive ketones (excluding diaryl/α,β-unsaturated/α-hetero) is 1. The predicted molar refractivity (Wildman–Crippen MR) is 221 cm³/mol. The van der Waals surface area contributed by atoms with Gasteiger partial charge in [0.2, 0.25) is 5.91 Å². The minimum Gasteiger partial charge on any atom is -0.394 e. The maximum Gasteiger partial charge on any atom is 0.247 e. The van der Waals surface area contributed by atoms with E-state index in [1.165, 1.54) is 11.3 Å². The molecule has 0 bridgehead atoms. The molecule has 0 spiro atoms. The van der Waals surface area contributed by atoms with Crippen LogP contribution in [-0.4, -0.2) is 61.5 Å². The molecule has 1 amide bonds. The van der Waals surface area contributed by atoms with Gasteiger partial charge in [0.05, 0.1) is 47.1 Å². The number of benzene rings is 1. The van der Waals surface area contributed by atoms with Crippen molar-refractivity contribution in [2.75, 3.05) is 6.61 Å². The summed E-state index contributed by atoms with van der Waals surface area (Å²) in [5.41, 5.74) is 6.15. The molecule has 8 heteroatoms. The first-order chi connectivity index (χ1) is 26.2. The van der Waals surface area contributed by atoms with Crippen LogP contribution in [0.1, 0.15) is 153 Å². The highest BCUT2D eigenvalue weighted by Gasteiger charge is 2.67. The fourth-order valence-corrected chi connectivity index (χ4v) is 13.4. The summed E-state index contributed by atoms with van der Waals surface area (Å²) in [6, 6.07) is 1.49. The van der Waals surface area contributed by atoms with Crippen molar-refractivity contribution in [2.24, 2.45) is 28.6 Å². The van der Waals surface area contributed by atoms with E-state index in [1.807, 2.05) is 26.0 Å². The Kier molecular flexibility index (Phi) is 9.07. The first-order valence-corrected chi connectivity index (χ1v) is 21.2. The van der Waals surface area contributed by atoms with Gasteiger partial charge in [0.15, 0.2) is 5.78 Å². The van der Waals surface area contributed by atoms with Crippen molar-refractivity contribution in [1.82, 2.24) is 9.88 Å². The summed E-state index contributed by atoms with van der Waals surface area (Å²) in [5, 5.41) is 37.9. The first-order valence-electron chi connectivity index (χ1n) is 21.2. The van der Waals surface area contributed by atoms with Gasteiger partial charge in [-0.2, -0.15) is 0 Å². The number of fused-ring (bicyclic) bond motifs is 11. The molecule has 1 aromatic heterocycles. The molecule has 4 N–H and O–H groups in total. The number of carbonyl (C=O) groups is 2. The number of carbonyl (C=O) groups excluding carboxylic acids is 2. The molecule has 0 radical (unpaired) electrons. The molecular formula is C48H64N2O6. The normalized spacial score (nSPS) is 36.8. The van der Waals surface area contributed by atoms with Gasteiger partial charge in [-0.05, 0) is 126 Å². The largest absolute Gasteiger partial charge is 0.394 e. The molecule has 1 aromatic carbocycles. The van der Waals surface area contributed by atoms with Crippen LogP contribution >= 0.6 is 0 Å². The van der Waals surface area contributed by atoms with Crippen LogP contribution in [0.3, 0.4) is 0 Å². The number of nitrogens with one attached hydrogen (secondary N) is 1. The summed E-state index contributed by atoms with van der Waals surface area (Å²) < 4.78 is 8.90. The van der Waals surface area contributed by atoms with Crippen LogP contribution in [0.25, 0.3) is 16.5 Å². The van der Waals surface area contributed by atoms with Crippen molar-refractivity contribution in [1.29, 1.82) is 0 Å². The van der Waals surface area contributed by atoms with Crippen LogP contribution in [0.15, 0.2) is 48.1 Å². The Morgan fingerprint density at radius 3 is 2.48 bits per heavy atom. The van der Waals surface area contributed by atoms with Crippen LogP contribution in [0.2, 0.25) is 0 Å². The highest BCUT2D eigenvalue weighted by molar-refractivity contribution is 6.18. The lowest BCUT2D eigenvalue weighted by atomic mass is 9.40. The zero-order valence-corrected chi connectivity index (χ0v) is 35.3. The fourth-order valence-electron chi connectivity index (χ4n) is 13.4. The van der Waals surface area contributed by atoms with Crippen molar-refractivity contribution in [3.05, 3.63) is 76.0 Å². The Morgan fingerprint density at radius 2 is 1.82 bits per heavy atom. The molecule has 2 aliphatic heterocycles. The number of aliphatic hydroxyl groups excluding tert-OH is 3. The highest BCUT2D eigenvalue weighted by Crippen LogP contribution is 2.71. The van der Waals surface area contributed by atoms with Gasteiger partial charge >= 0.3 is 0 Å². The molecule has 10 atom stereocenters. The molecule has 3 heterocycles. The average molecular weight is 765 g/mol. The van der Waals surface area contributed by atoms with E-state index in [4.69, 9.17) is 4.74 Å².